The van der Waals surface area contributed by atoms with E-state index in [1.54, 1.807) is 0 Å². The summed E-state index contributed by atoms with van der Waals surface area (Å²) < 4.78 is 0. The number of carbonyl (C=O) groups excluding carboxylic acids is 1. The van der Waals surface area contributed by atoms with Gasteiger partial charge in [-0.15, -0.1) is 5.10 Å². The van der Waals surface area contributed by atoms with Gasteiger partial charge in [0.05, 0.1) is 0 Å². The van der Waals surface area contributed by atoms with Crippen molar-refractivity contribution in [2.75, 3.05) is 0 Å². The summed E-state index contributed by atoms with van der Waals surface area (Å²) in [7, 11) is 0. The topological polar surface area (TPSA) is 108 Å². The number of carboxylic acid groups (broad SMARTS) is 1. The van der Waals surface area contributed by atoms with Crippen molar-refractivity contribution in [3.05, 3.63) is 11.6 Å². The molecule has 0 unspecified atom stereocenters. The molecule has 0 atom stereocenters. The summed E-state index contributed by atoms with van der Waals surface area (Å²) in [6.45, 7) is 4.77. The molecule has 0 saturated heterocycles. The van der Waals surface area contributed by atoms with Crippen LogP contribution in [-0.4, -0.2) is 37.7 Å². The van der Waals surface area contributed by atoms with Gasteiger partial charge in [-0.25, -0.2) is 9.78 Å². The van der Waals surface area contributed by atoms with Gasteiger partial charge in [0, 0.05) is 6.42 Å². The summed E-state index contributed by atoms with van der Waals surface area (Å²) >= 11 is 0. The molecule has 0 radical (unpaired) electrons. The molecule has 0 aliphatic carbocycles. The lowest BCUT2D eigenvalue weighted by molar-refractivity contribution is -0.143. The number of aromatic amines is 1. The number of carboxylic acids is 1. The van der Waals surface area contributed by atoms with E-state index in [0.29, 0.717) is 12.2 Å². The van der Waals surface area contributed by atoms with Gasteiger partial charge in [-0.1, -0.05) is 6.92 Å². The predicted molar refractivity (Wildman–Crippen MR) is 59.6 cm³/mol. The quantitative estimate of drug-likeness (QED) is 0.688. The van der Waals surface area contributed by atoms with Crippen molar-refractivity contribution in [1.82, 2.24) is 20.5 Å². The fourth-order valence-corrected chi connectivity index (χ4v) is 1.14. The zero-order chi connectivity index (χ0) is 13.1. The molecule has 0 saturated carbocycles. The number of hydrogen-bond acceptors (Lipinski definition) is 4. The molecule has 17 heavy (non-hydrogen) atoms. The van der Waals surface area contributed by atoms with E-state index in [4.69, 9.17) is 5.11 Å². The van der Waals surface area contributed by atoms with Gasteiger partial charge in [-0.05, 0) is 20.3 Å². The smallest absolute Gasteiger partial charge is 0.328 e. The van der Waals surface area contributed by atoms with Crippen LogP contribution in [0.3, 0.4) is 0 Å². The number of hydrogen-bond donors (Lipinski definition) is 3. The fraction of sp³-hybridized carbons (Fsp3) is 0.600. The number of nitrogens with one attached hydrogen (secondary N) is 2. The van der Waals surface area contributed by atoms with Gasteiger partial charge >= 0.3 is 5.97 Å². The molecule has 1 rings (SSSR count). The van der Waals surface area contributed by atoms with Gasteiger partial charge in [0.2, 0.25) is 5.82 Å². The number of aryl methyl sites for hydroxylation is 1. The minimum atomic E-state index is -1.34. The van der Waals surface area contributed by atoms with Gasteiger partial charge in [-0.3, -0.25) is 9.89 Å². The average Bonchev–Trinajstić information content (AvgIpc) is 2.66. The van der Waals surface area contributed by atoms with E-state index in [-0.39, 0.29) is 5.82 Å². The van der Waals surface area contributed by atoms with Crippen LogP contribution in [0.1, 0.15) is 43.6 Å². The molecule has 1 aromatic heterocycles. The van der Waals surface area contributed by atoms with Crippen LogP contribution in [0.15, 0.2) is 0 Å². The first-order chi connectivity index (χ1) is 7.86. The molecule has 3 N–H and O–H groups in total. The largest absolute Gasteiger partial charge is 0.480 e. The average molecular weight is 240 g/mol. The molecule has 94 valence electrons. The van der Waals surface area contributed by atoms with Crippen LogP contribution in [0.2, 0.25) is 0 Å². The van der Waals surface area contributed by atoms with Crippen molar-refractivity contribution in [1.29, 1.82) is 0 Å². The number of rotatable bonds is 5. The van der Waals surface area contributed by atoms with Crippen molar-refractivity contribution in [3.63, 3.8) is 0 Å². The highest BCUT2D eigenvalue weighted by Gasteiger charge is 2.30. The molecule has 0 bridgehead atoms. The molecule has 1 amide bonds. The number of nitrogens with zero attached hydrogens (tertiary/aromatic N) is 2. The second-order valence-electron chi connectivity index (χ2n) is 4.24. The number of aliphatic carboxylic acids is 1. The third-order valence-electron chi connectivity index (χ3n) is 2.18. The van der Waals surface area contributed by atoms with Gasteiger partial charge in [-0.2, -0.15) is 0 Å². The van der Waals surface area contributed by atoms with Gasteiger partial charge in [0.1, 0.15) is 11.4 Å². The van der Waals surface area contributed by atoms with Crippen molar-refractivity contribution in [3.8, 4) is 0 Å². The van der Waals surface area contributed by atoms with Crippen LogP contribution in [0.5, 0.6) is 0 Å². The summed E-state index contributed by atoms with van der Waals surface area (Å²) in [6.07, 6.45) is 1.58. The minimum Gasteiger partial charge on any atom is -0.480 e. The van der Waals surface area contributed by atoms with Crippen molar-refractivity contribution < 1.29 is 14.7 Å². The minimum absolute atomic E-state index is 0.0391. The Morgan fingerprint density at radius 1 is 1.47 bits per heavy atom. The lowest BCUT2D eigenvalue weighted by Gasteiger charge is -2.19. The van der Waals surface area contributed by atoms with E-state index in [0.717, 1.165) is 6.42 Å². The maximum absolute atomic E-state index is 11.7. The molecular weight excluding hydrogens is 224 g/mol. The number of H-pyrrole nitrogens is 1. The molecule has 1 heterocycles. The second kappa shape index (κ2) is 4.94. The van der Waals surface area contributed by atoms with Gasteiger partial charge in [0.25, 0.3) is 5.91 Å². The highest BCUT2D eigenvalue weighted by Crippen LogP contribution is 2.04. The SMILES string of the molecule is CCCc1nc(C(=O)NC(C)(C)C(=O)O)n[nH]1. The van der Waals surface area contributed by atoms with Crippen LogP contribution in [-0.2, 0) is 11.2 Å². The van der Waals surface area contributed by atoms with Crippen molar-refractivity contribution in [2.45, 2.75) is 39.2 Å². The number of aromatic nitrogens is 3. The van der Waals surface area contributed by atoms with E-state index in [2.05, 4.69) is 20.5 Å². The third kappa shape index (κ3) is 3.27. The second-order valence-corrected chi connectivity index (χ2v) is 4.24. The van der Waals surface area contributed by atoms with Crippen LogP contribution in [0, 0.1) is 0 Å². The number of carbonyl (C=O) groups is 2. The Balaban J connectivity index is 2.73. The first-order valence-corrected chi connectivity index (χ1v) is 5.34. The lowest BCUT2D eigenvalue weighted by Crippen LogP contribution is -2.49. The zero-order valence-electron chi connectivity index (χ0n) is 10.1. The van der Waals surface area contributed by atoms with Crippen LogP contribution in [0.4, 0.5) is 0 Å². The Hall–Kier alpha value is -1.92. The third-order valence-corrected chi connectivity index (χ3v) is 2.18. The van der Waals surface area contributed by atoms with Crippen molar-refractivity contribution in [2.24, 2.45) is 0 Å². The van der Waals surface area contributed by atoms with E-state index >= 15 is 0 Å². The van der Waals surface area contributed by atoms with E-state index in [1.807, 2.05) is 6.92 Å². The van der Waals surface area contributed by atoms with Gasteiger partial charge in [0.15, 0.2) is 0 Å². The van der Waals surface area contributed by atoms with Gasteiger partial charge < -0.3 is 10.4 Å². The normalized spacial score (nSPS) is 11.2. The highest BCUT2D eigenvalue weighted by atomic mass is 16.4. The number of amides is 1. The van der Waals surface area contributed by atoms with E-state index < -0.39 is 17.4 Å². The Bertz CT molecular complexity index is 425. The first-order valence-electron chi connectivity index (χ1n) is 5.34. The van der Waals surface area contributed by atoms with E-state index in [1.165, 1.54) is 13.8 Å². The summed E-state index contributed by atoms with van der Waals surface area (Å²) in [5, 5.41) is 17.6. The Morgan fingerprint density at radius 2 is 2.12 bits per heavy atom. The molecular formula is C10H16N4O3. The summed E-state index contributed by atoms with van der Waals surface area (Å²) in [5.74, 6) is -1.14. The zero-order valence-corrected chi connectivity index (χ0v) is 10.1. The summed E-state index contributed by atoms with van der Waals surface area (Å²) in [5.41, 5.74) is -1.34. The molecule has 0 spiro atoms. The van der Waals surface area contributed by atoms with Crippen LogP contribution >= 0.6 is 0 Å². The molecule has 0 aliphatic rings. The Morgan fingerprint density at radius 3 is 2.65 bits per heavy atom. The highest BCUT2D eigenvalue weighted by molar-refractivity contribution is 5.94. The standard InChI is InChI=1S/C10H16N4O3/c1-4-5-6-11-7(14-13-6)8(15)12-10(2,3)9(16)17/h4-5H2,1-3H3,(H,12,15)(H,16,17)(H,11,13,14). The van der Waals surface area contributed by atoms with E-state index in [9.17, 15) is 9.59 Å². The lowest BCUT2D eigenvalue weighted by atomic mass is 10.1. The maximum Gasteiger partial charge on any atom is 0.328 e. The summed E-state index contributed by atoms with van der Waals surface area (Å²) in [6, 6.07) is 0. The molecule has 0 fully saturated rings. The van der Waals surface area contributed by atoms with Crippen LogP contribution in [0.25, 0.3) is 0 Å². The molecule has 1 aromatic rings. The molecule has 0 aliphatic heterocycles. The Labute approximate surface area is 98.6 Å². The predicted octanol–water partition coefficient (Wildman–Crippen LogP) is 0.350. The van der Waals surface area contributed by atoms with Crippen molar-refractivity contribution >= 4 is 11.9 Å². The first kappa shape index (κ1) is 13.1. The Kier molecular flexibility index (Phi) is 3.82. The monoisotopic (exact) mass is 240 g/mol. The molecule has 7 heteroatoms. The summed E-state index contributed by atoms with van der Waals surface area (Å²) in [4.78, 5) is 26.5. The molecule has 0 aromatic carbocycles. The molecule has 7 nitrogen and oxygen atoms in total. The maximum atomic E-state index is 11.7. The fourth-order valence-electron chi connectivity index (χ4n) is 1.14. The van der Waals surface area contributed by atoms with Crippen LogP contribution < -0.4 is 5.32 Å².